The van der Waals surface area contributed by atoms with Crippen LogP contribution in [0.5, 0.6) is 0 Å². The van der Waals surface area contributed by atoms with E-state index in [0.717, 1.165) is 17.6 Å². The number of benzene rings is 2. The Balaban J connectivity index is 1.98. The Labute approximate surface area is 137 Å². The molecule has 0 aromatic heterocycles. The zero-order chi connectivity index (χ0) is 16.1. The van der Waals surface area contributed by atoms with Crippen molar-refractivity contribution in [3.8, 4) is 0 Å². The van der Waals surface area contributed by atoms with Crippen LogP contribution in [0.3, 0.4) is 0 Å². The molecule has 23 heavy (non-hydrogen) atoms. The van der Waals surface area contributed by atoms with Crippen molar-refractivity contribution in [1.82, 2.24) is 0 Å². The molecule has 1 aliphatic carbocycles. The first-order valence-electron chi connectivity index (χ1n) is 7.98. The Morgan fingerprint density at radius 2 is 1.65 bits per heavy atom. The number of esters is 1. The molecule has 2 heteroatoms. The molecule has 0 saturated carbocycles. The van der Waals surface area contributed by atoms with E-state index >= 15 is 0 Å². The standard InChI is InChI=1S/C21H20O2/c1-2-23-21(22)19-14-13-18(16-9-5-3-6-10-16)15-20(19)17-11-7-4-8-12-17/h3-14,20H,2,15H2,1H3. The fraction of sp³-hybridized carbons (Fsp3) is 0.190. The largest absolute Gasteiger partial charge is 0.463 e. The average molecular weight is 304 g/mol. The SMILES string of the molecule is CCOC(=O)C1=CC=C(c2ccccc2)CC1c1ccccc1. The smallest absolute Gasteiger partial charge is 0.334 e. The van der Waals surface area contributed by atoms with E-state index in [0.29, 0.717) is 6.61 Å². The summed E-state index contributed by atoms with van der Waals surface area (Å²) in [7, 11) is 0. The summed E-state index contributed by atoms with van der Waals surface area (Å²) in [5, 5.41) is 0. The van der Waals surface area contributed by atoms with Crippen LogP contribution in [0.25, 0.3) is 5.57 Å². The highest BCUT2D eigenvalue weighted by molar-refractivity contribution is 5.93. The van der Waals surface area contributed by atoms with E-state index in [1.165, 1.54) is 11.1 Å². The Bertz CT molecular complexity index is 727. The average Bonchev–Trinajstić information content (AvgIpc) is 2.63. The molecule has 116 valence electrons. The van der Waals surface area contributed by atoms with Gasteiger partial charge in [-0.3, -0.25) is 0 Å². The van der Waals surface area contributed by atoms with Crippen LogP contribution in [0, 0.1) is 0 Å². The topological polar surface area (TPSA) is 26.3 Å². The van der Waals surface area contributed by atoms with Crippen molar-refractivity contribution in [2.45, 2.75) is 19.3 Å². The molecule has 0 amide bonds. The molecule has 1 aliphatic rings. The lowest BCUT2D eigenvalue weighted by Crippen LogP contribution is -2.17. The minimum atomic E-state index is -0.218. The third kappa shape index (κ3) is 3.42. The molecular formula is C21H20O2. The minimum Gasteiger partial charge on any atom is -0.463 e. The number of hydrogen-bond donors (Lipinski definition) is 0. The molecule has 2 aromatic carbocycles. The maximum Gasteiger partial charge on any atom is 0.334 e. The Morgan fingerprint density at radius 1 is 1.00 bits per heavy atom. The van der Waals surface area contributed by atoms with Gasteiger partial charge in [0, 0.05) is 11.5 Å². The Kier molecular flexibility index (Phi) is 4.72. The zero-order valence-electron chi connectivity index (χ0n) is 13.2. The summed E-state index contributed by atoms with van der Waals surface area (Å²) < 4.78 is 5.24. The van der Waals surface area contributed by atoms with Gasteiger partial charge in [-0.25, -0.2) is 4.79 Å². The fourth-order valence-corrected chi connectivity index (χ4v) is 2.98. The number of hydrogen-bond acceptors (Lipinski definition) is 2. The van der Waals surface area contributed by atoms with E-state index in [1.54, 1.807) is 0 Å². The molecule has 2 nitrogen and oxygen atoms in total. The monoisotopic (exact) mass is 304 g/mol. The molecule has 0 aliphatic heterocycles. The third-order valence-corrected chi connectivity index (χ3v) is 4.12. The molecule has 0 bridgehead atoms. The Hall–Kier alpha value is -2.61. The van der Waals surface area contributed by atoms with Crippen LogP contribution >= 0.6 is 0 Å². The lowest BCUT2D eigenvalue weighted by Gasteiger charge is -2.24. The fourth-order valence-electron chi connectivity index (χ4n) is 2.98. The predicted molar refractivity (Wildman–Crippen MR) is 92.9 cm³/mol. The first-order chi connectivity index (χ1) is 11.3. The van der Waals surface area contributed by atoms with Gasteiger partial charge in [-0.2, -0.15) is 0 Å². The number of ether oxygens (including phenoxy) is 1. The molecule has 1 atom stereocenters. The van der Waals surface area contributed by atoms with Crippen LogP contribution in [0.15, 0.2) is 78.4 Å². The lowest BCUT2D eigenvalue weighted by atomic mass is 9.80. The van der Waals surface area contributed by atoms with Gasteiger partial charge in [-0.1, -0.05) is 72.8 Å². The highest BCUT2D eigenvalue weighted by atomic mass is 16.5. The summed E-state index contributed by atoms with van der Waals surface area (Å²) in [4.78, 5) is 12.3. The van der Waals surface area contributed by atoms with Crippen molar-refractivity contribution in [1.29, 1.82) is 0 Å². The number of rotatable bonds is 4. The molecule has 0 radical (unpaired) electrons. The van der Waals surface area contributed by atoms with E-state index in [4.69, 9.17) is 4.74 Å². The van der Waals surface area contributed by atoms with Crippen molar-refractivity contribution >= 4 is 11.5 Å². The second-order valence-corrected chi connectivity index (χ2v) is 5.57. The van der Waals surface area contributed by atoms with E-state index in [2.05, 4.69) is 24.3 Å². The molecule has 3 rings (SSSR count). The van der Waals surface area contributed by atoms with E-state index < -0.39 is 0 Å². The van der Waals surface area contributed by atoms with Gasteiger partial charge in [-0.05, 0) is 30.0 Å². The lowest BCUT2D eigenvalue weighted by molar-refractivity contribution is -0.138. The predicted octanol–water partition coefficient (Wildman–Crippen LogP) is 4.75. The number of carbonyl (C=O) groups is 1. The zero-order valence-corrected chi connectivity index (χ0v) is 13.2. The van der Waals surface area contributed by atoms with Crippen molar-refractivity contribution < 1.29 is 9.53 Å². The van der Waals surface area contributed by atoms with Gasteiger partial charge in [0.25, 0.3) is 0 Å². The van der Waals surface area contributed by atoms with Crippen molar-refractivity contribution in [3.63, 3.8) is 0 Å². The third-order valence-electron chi connectivity index (χ3n) is 4.12. The summed E-state index contributed by atoms with van der Waals surface area (Å²) in [6, 6.07) is 20.5. The van der Waals surface area contributed by atoms with E-state index in [1.807, 2.05) is 55.5 Å². The maximum absolute atomic E-state index is 12.3. The van der Waals surface area contributed by atoms with Gasteiger partial charge in [0.1, 0.15) is 0 Å². The van der Waals surface area contributed by atoms with E-state index in [-0.39, 0.29) is 11.9 Å². The first-order valence-corrected chi connectivity index (χ1v) is 7.98. The van der Waals surface area contributed by atoms with Crippen LogP contribution in [0.2, 0.25) is 0 Å². The molecule has 0 N–H and O–H groups in total. The van der Waals surface area contributed by atoms with Gasteiger partial charge in [0.15, 0.2) is 0 Å². The normalized spacial score (nSPS) is 17.2. The summed E-state index contributed by atoms with van der Waals surface area (Å²) in [6.07, 6.45) is 4.77. The highest BCUT2D eigenvalue weighted by Gasteiger charge is 2.27. The molecule has 2 aromatic rings. The van der Waals surface area contributed by atoms with Crippen LogP contribution < -0.4 is 0 Å². The van der Waals surface area contributed by atoms with Gasteiger partial charge in [0.05, 0.1) is 6.61 Å². The van der Waals surface area contributed by atoms with Crippen molar-refractivity contribution in [2.24, 2.45) is 0 Å². The highest BCUT2D eigenvalue weighted by Crippen LogP contribution is 2.38. The summed E-state index contributed by atoms with van der Waals surface area (Å²) in [6.45, 7) is 2.23. The minimum absolute atomic E-state index is 0.0375. The second kappa shape index (κ2) is 7.10. The van der Waals surface area contributed by atoms with Crippen LogP contribution in [0.1, 0.15) is 30.4 Å². The van der Waals surface area contributed by atoms with Crippen LogP contribution in [-0.4, -0.2) is 12.6 Å². The first kappa shape index (κ1) is 15.3. The van der Waals surface area contributed by atoms with Crippen molar-refractivity contribution in [3.05, 3.63) is 89.5 Å². The number of allylic oxidation sites excluding steroid dienone is 3. The molecular weight excluding hydrogens is 284 g/mol. The molecule has 0 heterocycles. The summed E-state index contributed by atoms with van der Waals surface area (Å²) in [5.74, 6) is -0.180. The second-order valence-electron chi connectivity index (χ2n) is 5.57. The quantitative estimate of drug-likeness (QED) is 0.762. The van der Waals surface area contributed by atoms with Gasteiger partial charge in [0.2, 0.25) is 0 Å². The Morgan fingerprint density at radius 3 is 2.30 bits per heavy atom. The molecule has 1 unspecified atom stereocenters. The molecule has 0 spiro atoms. The number of carbonyl (C=O) groups excluding carboxylic acids is 1. The van der Waals surface area contributed by atoms with E-state index in [9.17, 15) is 4.79 Å². The van der Waals surface area contributed by atoms with Crippen LogP contribution in [0.4, 0.5) is 0 Å². The van der Waals surface area contributed by atoms with Gasteiger partial charge < -0.3 is 4.74 Å². The summed E-state index contributed by atoms with van der Waals surface area (Å²) in [5.41, 5.74) is 4.33. The summed E-state index contributed by atoms with van der Waals surface area (Å²) >= 11 is 0. The maximum atomic E-state index is 12.3. The van der Waals surface area contributed by atoms with Crippen molar-refractivity contribution in [2.75, 3.05) is 6.61 Å². The molecule has 0 fully saturated rings. The molecule has 0 saturated heterocycles. The van der Waals surface area contributed by atoms with Crippen LogP contribution in [-0.2, 0) is 9.53 Å². The van der Waals surface area contributed by atoms with Gasteiger partial charge >= 0.3 is 5.97 Å². The van der Waals surface area contributed by atoms with Gasteiger partial charge in [-0.15, -0.1) is 0 Å².